The van der Waals surface area contributed by atoms with E-state index < -0.39 is 0 Å². The number of rotatable bonds is 7. The Balaban J connectivity index is 2.10. The van der Waals surface area contributed by atoms with Gasteiger partial charge >= 0.3 is 5.97 Å². The minimum absolute atomic E-state index is 0.102. The van der Waals surface area contributed by atoms with Gasteiger partial charge in [-0.05, 0) is 44.4 Å². The lowest BCUT2D eigenvalue weighted by Crippen LogP contribution is -2.46. The van der Waals surface area contributed by atoms with Crippen LogP contribution in [0.15, 0.2) is 24.3 Å². The summed E-state index contributed by atoms with van der Waals surface area (Å²) in [6.07, 6.45) is 6.08. The molecule has 0 heterocycles. The summed E-state index contributed by atoms with van der Waals surface area (Å²) in [7, 11) is 1.69. The average Bonchev–Trinajstić information content (AvgIpc) is 2.60. The van der Waals surface area contributed by atoms with Gasteiger partial charge in [0.1, 0.15) is 11.8 Å². The SMILES string of the molecule is CCOC(=O)C(C)NCC1(c2ccc(OC)cc2)CCCCC1. The fraction of sp³-hybridized carbons (Fsp3) is 0.632. The molecule has 0 aliphatic heterocycles. The molecular weight excluding hydrogens is 290 g/mol. The van der Waals surface area contributed by atoms with E-state index in [2.05, 4.69) is 17.4 Å². The van der Waals surface area contributed by atoms with Gasteiger partial charge in [-0.3, -0.25) is 4.79 Å². The van der Waals surface area contributed by atoms with Gasteiger partial charge in [0.25, 0.3) is 0 Å². The van der Waals surface area contributed by atoms with Crippen molar-refractivity contribution < 1.29 is 14.3 Å². The third-order valence-electron chi connectivity index (χ3n) is 4.90. The second kappa shape index (κ2) is 8.34. The van der Waals surface area contributed by atoms with Crippen LogP contribution in [0.2, 0.25) is 0 Å². The smallest absolute Gasteiger partial charge is 0.322 e. The summed E-state index contributed by atoms with van der Waals surface area (Å²) in [6.45, 7) is 4.95. The maximum atomic E-state index is 11.8. The number of hydrogen-bond acceptors (Lipinski definition) is 4. The molecule has 1 atom stereocenters. The van der Waals surface area contributed by atoms with Crippen molar-refractivity contribution in [2.24, 2.45) is 0 Å². The molecule has 0 amide bonds. The second-order valence-corrected chi connectivity index (χ2v) is 6.42. The van der Waals surface area contributed by atoms with Crippen molar-refractivity contribution in [3.63, 3.8) is 0 Å². The van der Waals surface area contributed by atoms with Gasteiger partial charge in [-0.2, -0.15) is 0 Å². The van der Waals surface area contributed by atoms with Crippen LogP contribution in [0.25, 0.3) is 0 Å². The highest BCUT2D eigenvalue weighted by molar-refractivity contribution is 5.75. The molecule has 4 nitrogen and oxygen atoms in total. The molecule has 1 aliphatic carbocycles. The van der Waals surface area contributed by atoms with E-state index >= 15 is 0 Å². The molecule has 1 N–H and O–H groups in total. The molecule has 128 valence electrons. The number of carbonyl (C=O) groups excluding carboxylic acids is 1. The second-order valence-electron chi connectivity index (χ2n) is 6.42. The Morgan fingerprint density at radius 3 is 2.43 bits per heavy atom. The van der Waals surface area contributed by atoms with Gasteiger partial charge in [-0.15, -0.1) is 0 Å². The first-order valence-electron chi connectivity index (χ1n) is 8.66. The molecule has 0 spiro atoms. The van der Waals surface area contributed by atoms with Gasteiger partial charge in [-0.1, -0.05) is 31.4 Å². The highest BCUT2D eigenvalue weighted by Crippen LogP contribution is 2.39. The zero-order valence-electron chi connectivity index (χ0n) is 14.6. The van der Waals surface area contributed by atoms with Gasteiger partial charge in [0.2, 0.25) is 0 Å². The molecule has 1 aromatic rings. The number of hydrogen-bond donors (Lipinski definition) is 1. The molecule has 0 radical (unpaired) electrons. The van der Waals surface area contributed by atoms with Crippen LogP contribution in [0.4, 0.5) is 0 Å². The molecule has 1 fully saturated rings. The lowest BCUT2D eigenvalue weighted by Gasteiger charge is -2.39. The highest BCUT2D eigenvalue weighted by Gasteiger charge is 2.34. The highest BCUT2D eigenvalue weighted by atomic mass is 16.5. The predicted molar refractivity (Wildman–Crippen MR) is 91.9 cm³/mol. The summed E-state index contributed by atoms with van der Waals surface area (Å²) in [5.74, 6) is 0.709. The van der Waals surface area contributed by atoms with Crippen LogP contribution in [0.3, 0.4) is 0 Å². The molecule has 1 saturated carbocycles. The van der Waals surface area contributed by atoms with Crippen molar-refractivity contribution >= 4 is 5.97 Å². The van der Waals surface area contributed by atoms with Crippen molar-refractivity contribution in [3.05, 3.63) is 29.8 Å². The standard InChI is InChI=1S/C19H29NO3/c1-4-23-18(21)15(2)20-14-19(12-6-5-7-13-19)16-8-10-17(22-3)11-9-16/h8-11,15,20H,4-7,12-14H2,1-3H3. The van der Waals surface area contributed by atoms with Gasteiger partial charge in [0.15, 0.2) is 0 Å². The third kappa shape index (κ3) is 4.47. The number of methoxy groups -OCH3 is 1. The summed E-state index contributed by atoms with van der Waals surface area (Å²) in [6, 6.07) is 8.12. The molecule has 0 aromatic heterocycles. The van der Waals surface area contributed by atoms with Crippen molar-refractivity contribution in [2.45, 2.75) is 57.4 Å². The molecule has 4 heteroatoms. The minimum Gasteiger partial charge on any atom is -0.497 e. The Morgan fingerprint density at radius 2 is 1.87 bits per heavy atom. The number of ether oxygens (including phenoxy) is 2. The fourth-order valence-electron chi connectivity index (χ4n) is 3.44. The Kier molecular flexibility index (Phi) is 6.46. The van der Waals surface area contributed by atoms with Crippen LogP contribution in [-0.4, -0.2) is 32.3 Å². The van der Waals surface area contributed by atoms with E-state index in [0.29, 0.717) is 6.61 Å². The third-order valence-corrected chi connectivity index (χ3v) is 4.90. The molecule has 1 aromatic carbocycles. The summed E-state index contributed by atoms with van der Waals surface area (Å²) in [4.78, 5) is 11.8. The van der Waals surface area contributed by atoms with Crippen LogP contribution in [0.5, 0.6) is 5.75 Å². The van der Waals surface area contributed by atoms with Gasteiger partial charge < -0.3 is 14.8 Å². The Hall–Kier alpha value is -1.55. The minimum atomic E-state index is -0.271. The first-order chi connectivity index (χ1) is 11.1. The van der Waals surface area contributed by atoms with Crippen LogP contribution in [-0.2, 0) is 14.9 Å². The van der Waals surface area contributed by atoms with Crippen molar-refractivity contribution in [1.29, 1.82) is 0 Å². The maximum absolute atomic E-state index is 11.8. The lowest BCUT2D eigenvalue weighted by molar-refractivity contribution is -0.145. The molecule has 2 rings (SSSR count). The predicted octanol–water partition coefficient (Wildman–Crippen LogP) is 3.44. The van der Waals surface area contributed by atoms with Gasteiger partial charge in [-0.25, -0.2) is 0 Å². The largest absolute Gasteiger partial charge is 0.497 e. The molecule has 1 aliphatic rings. The van der Waals surface area contributed by atoms with E-state index in [1.165, 1.54) is 24.8 Å². The maximum Gasteiger partial charge on any atom is 0.322 e. The Bertz CT molecular complexity index is 492. The first kappa shape index (κ1) is 17.8. The molecule has 0 bridgehead atoms. The Morgan fingerprint density at radius 1 is 1.22 bits per heavy atom. The topological polar surface area (TPSA) is 47.6 Å². The van der Waals surface area contributed by atoms with Crippen molar-refractivity contribution in [2.75, 3.05) is 20.3 Å². The summed E-state index contributed by atoms with van der Waals surface area (Å²) in [5, 5.41) is 3.40. The quantitative estimate of drug-likeness (QED) is 0.782. The number of carbonyl (C=O) groups is 1. The zero-order valence-corrected chi connectivity index (χ0v) is 14.6. The summed E-state index contributed by atoms with van der Waals surface area (Å²) in [5.41, 5.74) is 1.44. The van der Waals surface area contributed by atoms with Gasteiger partial charge in [0, 0.05) is 12.0 Å². The molecular formula is C19H29NO3. The lowest BCUT2D eigenvalue weighted by atomic mass is 9.69. The summed E-state index contributed by atoms with van der Waals surface area (Å²) >= 11 is 0. The fourth-order valence-corrected chi connectivity index (χ4v) is 3.44. The Labute approximate surface area is 139 Å². The van der Waals surface area contributed by atoms with E-state index in [0.717, 1.165) is 25.1 Å². The zero-order chi connectivity index (χ0) is 16.7. The van der Waals surface area contributed by atoms with E-state index in [1.807, 2.05) is 26.0 Å². The first-order valence-corrected chi connectivity index (χ1v) is 8.66. The number of esters is 1. The van der Waals surface area contributed by atoms with Crippen LogP contribution >= 0.6 is 0 Å². The van der Waals surface area contributed by atoms with Crippen molar-refractivity contribution in [1.82, 2.24) is 5.32 Å². The van der Waals surface area contributed by atoms with Gasteiger partial charge in [0.05, 0.1) is 13.7 Å². The van der Waals surface area contributed by atoms with E-state index in [-0.39, 0.29) is 17.4 Å². The van der Waals surface area contributed by atoms with Crippen molar-refractivity contribution in [3.8, 4) is 5.75 Å². The summed E-state index contributed by atoms with van der Waals surface area (Å²) < 4.78 is 10.4. The molecule has 23 heavy (non-hydrogen) atoms. The van der Waals surface area contributed by atoms with E-state index in [4.69, 9.17) is 9.47 Å². The monoisotopic (exact) mass is 319 g/mol. The normalized spacial score (nSPS) is 18.2. The molecule has 0 saturated heterocycles. The number of benzene rings is 1. The van der Waals surface area contributed by atoms with Crippen LogP contribution in [0.1, 0.15) is 51.5 Å². The molecule has 1 unspecified atom stereocenters. The number of nitrogens with one attached hydrogen (secondary N) is 1. The van der Waals surface area contributed by atoms with Crippen LogP contribution < -0.4 is 10.1 Å². The average molecular weight is 319 g/mol. The van der Waals surface area contributed by atoms with E-state index in [1.54, 1.807) is 7.11 Å². The van der Waals surface area contributed by atoms with Crippen LogP contribution in [0, 0.1) is 0 Å². The van der Waals surface area contributed by atoms with E-state index in [9.17, 15) is 4.79 Å².